The molecule has 0 aliphatic heterocycles. The molecule has 0 aromatic heterocycles. The van der Waals surface area contributed by atoms with Gasteiger partial charge in [-0.1, -0.05) is 50.6 Å². The van der Waals surface area contributed by atoms with Crippen LogP contribution >= 0.6 is 0 Å². The van der Waals surface area contributed by atoms with Crippen LogP contribution in [-0.4, -0.2) is 5.71 Å². The fourth-order valence-electron chi connectivity index (χ4n) is 2.80. The highest BCUT2D eigenvalue weighted by atomic mass is 14.8. The van der Waals surface area contributed by atoms with E-state index in [-0.39, 0.29) is 0 Å². The van der Waals surface area contributed by atoms with Crippen LogP contribution in [0.15, 0.2) is 35.3 Å². The number of aliphatic imine (C=N–C) groups is 1. The quantitative estimate of drug-likeness (QED) is 0.700. The standard InChI is InChI=1S/C16H23N/c1-12-8-7-9-13(2)16(12)17-14(3)15-10-5-4-6-11-15/h4-6,10-14H,7-9H2,1-3H3/t12?,13?,14-/m1/s1. The Hall–Kier alpha value is -1.11. The van der Waals surface area contributed by atoms with Crippen molar-refractivity contribution in [3.63, 3.8) is 0 Å². The zero-order valence-corrected chi connectivity index (χ0v) is 11.2. The minimum absolute atomic E-state index is 0.300. The number of benzene rings is 1. The van der Waals surface area contributed by atoms with Gasteiger partial charge in [-0.3, -0.25) is 4.99 Å². The maximum Gasteiger partial charge on any atom is 0.0720 e. The highest BCUT2D eigenvalue weighted by Crippen LogP contribution is 2.29. The lowest BCUT2D eigenvalue weighted by atomic mass is 9.81. The molecule has 0 N–H and O–H groups in total. The summed E-state index contributed by atoms with van der Waals surface area (Å²) in [6, 6.07) is 10.9. The van der Waals surface area contributed by atoms with Crippen LogP contribution in [0.2, 0.25) is 0 Å². The Balaban J connectivity index is 2.17. The Morgan fingerprint density at radius 2 is 1.65 bits per heavy atom. The molecule has 0 radical (unpaired) electrons. The lowest BCUT2D eigenvalue weighted by Gasteiger charge is -2.27. The molecular weight excluding hydrogens is 206 g/mol. The number of rotatable bonds is 2. The summed E-state index contributed by atoms with van der Waals surface area (Å²) < 4.78 is 0. The summed E-state index contributed by atoms with van der Waals surface area (Å²) in [6.07, 6.45) is 3.98. The van der Waals surface area contributed by atoms with Gasteiger partial charge in [0.05, 0.1) is 6.04 Å². The first-order chi connectivity index (χ1) is 8.18. The molecule has 2 rings (SSSR count). The molecule has 0 spiro atoms. The van der Waals surface area contributed by atoms with Crippen molar-refractivity contribution in [2.24, 2.45) is 16.8 Å². The molecule has 3 atom stereocenters. The molecule has 0 saturated heterocycles. The molecule has 1 aromatic rings. The smallest absolute Gasteiger partial charge is 0.0720 e. The lowest BCUT2D eigenvalue weighted by Crippen LogP contribution is -2.25. The second-order valence-corrected chi connectivity index (χ2v) is 5.37. The summed E-state index contributed by atoms with van der Waals surface area (Å²) in [5.74, 6) is 1.34. The van der Waals surface area contributed by atoms with E-state index in [1.54, 1.807) is 0 Å². The molecule has 1 aliphatic carbocycles. The minimum atomic E-state index is 0.300. The summed E-state index contributed by atoms with van der Waals surface area (Å²) >= 11 is 0. The summed E-state index contributed by atoms with van der Waals surface area (Å²) in [5.41, 5.74) is 2.76. The van der Waals surface area contributed by atoms with Gasteiger partial charge in [0.2, 0.25) is 0 Å². The normalized spacial score (nSPS) is 26.6. The van der Waals surface area contributed by atoms with E-state index >= 15 is 0 Å². The monoisotopic (exact) mass is 229 g/mol. The third-order valence-electron chi connectivity index (χ3n) is 3.91. The topological polar surface area (TPSA) is 12.4 Å². The van der Waals surface area contributed by atoms with Gasteiger partial charge in [-0.05, 0) is 37.2 Å². The Bertz CT molecular complexity index is 368. The Kier molecular flexibility index (Phi) is 3.98. The molecule has 17 heavy (non-hydrogen) atoms. The molecule has 1 fully saturated rings. The van der Waals surface area contributed by atoms with Gasteiger partial charge < -0.3 is 0 Å². The van der Waals surface area contributed by atoms with Gasteiger partial charge in [-0.15, -0.1) is 0 Å². The molecule has 1 aliphatic rings. The molecule has 0 amide bonds. The van der Waals surface area contributed by atoms with Crippen molar-refractivity contribution in [1.82, 2.24) is 0 Å². The SMILES string of the molecule is CC1CCCC(C)C1=N[C@H](C)c1ccccc1. The first-order valence-electron chi connectivity index (χ1n) is 6.81. The minimum Gasteiger partial charge on any atom is -0.286 e. The summed E-state index contributed by atoms with van der Waals surface area (Å²) in [4.78, 5) is 4.98. The number of hydrogen-bond donors (Lipinski definition) is 0. The van der Waals surface area contributed by atoms with Crippen molar-refractivity contribution in [2.75, 3.05) is 0 Å². The van der Waals surface area contributed by atoms with E-state index in [9.17, 15) is 0 Å². The van der Waals surface area contributed by atoms with Crippen molar-refractivity contribution < 1.29 is 0 Å². The molecular formula is C16H23N. The zero-order chi connectivity index (χ0) is 12.3. The van der Waals surface area contributed by atoms with Crippen LogP contribution in [0.25, 0.3) is 0 Å². The number of hydrogen-bond acceptors (Lipinski definition) is 1. The Morgan fingerprint density at radius 3 is 2.24 bits per heavy atom. The lowest BCUT2D eigenvalue weighted by molar-refractivity contribution is 0.482. The maximum absolute atomic E-state index is 4.98. The number of nitrogens with zero attached hydrogens (tertiary/aromatic N) is 1. The summed E-state index contributed by atoms with van der Waals surface area (Å²) in [7, 11) is 0. The molecule has 2 unspecified atom stereocenters. The second kappa shape index (κ2) is 5.48. The van der Waals surface area contributed by atoms with Gasteiger partial charge in [0.15, 0.2) is 0 Å². The van der Waals surface area contributed by atoms with E-state index in [0.717, 1.165) is 0 Å². The van der Waals surface area contributed by atoms with Gasteiger partial charge >= 0.3 is 0 Å². The molecule has 1 saturated carbocycles. The summed E-state index contributed by atoms with van der Waals surface area (Å²) in [6.45, 7) is 6.86. The largest absolute Gasteiger partial charge is 0.286 e. The first-order valence-corrected chi connectivity index (χ1v) is 6.81. The highest BCUT2D eigenvalue weighted by molar-refractivity contribution is 5.89. The van der Waals surface area contributed by atoms with Crippen molar-refractivity contribution in [1.29, 1.82) is 0 Å². The molecule has 1 aromatic carbocycles. The van der Waals surface area contributed by atoms with E-state index in [0.29, 0.717) is 17.9 Å². The van der Waals surface area contributed by atoms with Crippen LogP contribution < -0.4 is 0 Å². The zero-order valence-electron chi connectivity index (χ0n) is 11.2. The van der Waals surface area contributed by atoms with Crippen LogP contribution in [-0.2, 0) is 0 Å². The van der Waals surface area contributed by atoms with E-state index in [4.69, 9.17) is 4.99 Å². The molecule has 1 nitrogen and oxygen atoms in total. The van der Waals surface area contributed by atoms with Crippen LogP contribution in [0.1, 0.15) is 51.6 Å². The Labute approximate surface area is 105 Å². The second-order valence-electron chi connectivity index (χ2n) is 5.37. The average Bonchev–Trinajstić information content (AvgIpc) is 2.35. The predicted molar refractivity (Wildman–Crippen MR) is 74.5 cm³/mol. The van der Waals surface area contributed by atoms with Gasteiger partial charge in [0.1, 0.15) is 0 Å². The third kappa shape index (κ3) is 2.96. The summed E-state index contributed by atoms with van der Waals surface area (Å²) in [5, 5.41) is 0. The van der Waals surface area contributed by atoms with Crippen molar-refractivity contribution in [3.05, 3.63) is 35.9 Å². The van der Waals surface area contributed by atoms with Gasteiger partial charge in [0, 0.05) is 5.71 Å². The van der Waals surface area contributed by atoms with Crippen LogP contribution in [0, 0.1) is 11.8 Å². The maximum atomic E-state index is 4.98. The van der Waals surface area contributed by atoms with Crippen molar-refractivity contribution >= 4 is 5.71 Å². The molecule has 92 valence electrons. The van der Waals surface area contributed by atoms with E-state index in [1.807, 2.05) is 0 Å². The first kappa shape index (κ1) is 12.3. The molecule has 0 heterocycles. The van der Waals surface area contributed by atoms with Crippen LogP contribution in [0.3, 0.4) is 0 Å². The fourth-order valence-corrected chi connectivity index (χ4v) is 2.80. The van der Waals surface area contributed by atoms with Crippen molar-refractivity contribution in [3.8, 4) is 0 Å². The molecule has 0 bridgehead atoms. The van der Waals surface area contributed by atoms with Gasteiger partial charge in [-0.25, -0.2) is 0 Å². The van der Waals surface area contributed by atoms with E-state index in [2.05, 4.69) is 51.1 Å². The van der Waals surface area contributed by atoms with Crippen LogP contribution in [0.4, 0.5) is 0 Å². The Morgan fingerprint density at radius 1 is 1.06 bits per heavy atom. The van der Waals surface area contributed by atoms with Gasteiger partial charge in [0.25, 0.3) is 0 Å². The van der Waals surface area contributed by atoms with Crippen LogP contribution in [0.5, 0.6) is 0 Å². The highest BCUT2D eigenvalue weighted by Gasteiger charge is 2.23. The molecule has 1 heteroatoms. The predicted octanol–water partition coefficient (Wildman–Crippen LogP) is 4.64. The van der Waals surface area contributed by atoms with Gasteiger partial charge in [-0.2, -0.15) is 0 Å². The average molecular weight is 229 g/mol. The van der Waals surface area contributed by atoms with Crippen molar-refractivity contribution in [2.45, 2.75) is 46.1 Å². The third-order valence-corrected chi connectivity index (χ3v) is 3.91. The van der Waals surface area contributed by atoms with E-state index in [1.165, 1.54) is 30.5 Å². The van der Waals surface area contributed by atoms with E-state index < -0.39 is 0 Å². The fraction of sp³-hybridized carbons (Fsp3) is 0.562.